The average Bonchev–Trinajstić information content (AvgIpc) is 2.23. The van der Waals surface area contributed by atoms with E-state index in [0.29, 0.717) is 16.2 Å². The van der Waals surface area contributed by atoms with Crippen LogP contribution in [0.1, 0.15) is 40.5 Å². The Bertz CT molecular complexity index is 512. The van der Waals surface area contributed by atoms with Gasteiger partial charge < -0.3 is 16.0 Å². The quantitative estimate of drug-likeness (QED) is 0.732. The summed E-state index contributed by atoms with van der Waals surface area (Å²) >= 11 is 11.4. The van der Waals surface area contributed by atoms with Crippen LogP contribution in [0.5, 0.6) is 0 Å². The van der Waals surface area contributed by atoms with Crippen LogP contribution in [0.2, 0.25) is 5.02 Å². The maximum atomic E-state index is 5.99. The number of anilines is 1. The summed E-state index contributed by atoms with van der Waals surface area (Å²) in [5, 5.41) is 10.5. The Morgan fingerprint density at radius 1 is 1.24 bits per heavy atom. The first-order valence-electron chi connectivity index (χ1n) is 7.35. The van der Waals surface area contributed by atoms with Crippen LogP contribution < -0.4 is 16.0 Å². The van der Waals surface area contributed by atoms with E-state index < -0.39 is 0 Å². The first-order valence-corrected chi connectivity index (χ1v) is 8.14. The van der Waals surface area contributed by atoms with Crippen LogP contribution in [0, 0.1) is 0 Å². The van der Waals surface area contributed by atoms with E-state index in [0.717, 1.165) is 18.5 Å². The van der Waals surface area contributed by atoms with Crippen molar-refractivity contribution in [3.8, 4) is 0 Å². The molecule has 1 aromatic rings. The van der Waals surface area contributed by atoms with Gasteiger partial charge in [0.1, 0.15) is 0 Å². The average molecular weight is 327 g/mol. The van der Waals surface area contributed by atoms with E-state index >= 15 is 0 Å². The lowest BCUT2D eigenvalue weighted by atomic mass is 9.80. The normalized spacial score (nSPS) is 20.8. The molecule has 0 spiro atoms. The molecule has 4 N–H and O–H groups in total. The van der Waals surface area contributed by atoms with Gasteiger partial charge in [0.05, 0.1) is 11.1 Å². The van der Waals surface area contributed by atoms with Gasteiger partial charge in [0, 0.05) is 29.6 Å². The third-order valence-electron chi connectivity index (χ3n) is 3.74. The Morgan fingerprint density at radius 2 is 1.86 bits per heavy atom. The van der Waals surface area contributed by atoms with Crippen molar-refractivity contribution in [2.45, 2.75) is 57.7 Å². The highest BCUT2D eigenvalue weighted by Gasteiger charge is 2.41. The molecule has 0 atom stereocenters. The molecule has 0 aliphatic carbocycles. The molecule has 1 aromatic carbocycles. The minimum Gasteiger partial charge on any atom is -0.359 e. The molecule has 0 unspecified atom stereocenters. The fourth-order valence-corrected chi connectivity index (χ4v) is 4.01. The van der Waals surface area contributed by atoms with Crippen molar-refractivity contribution in [1.29, 1.82) is 0 Å². The highest BCUT2D eigenvalue weighted by Crippen LogP contribution is 2.22. The molecule has 3 nitrogen and oxygen atoms in total. The molecule has 0 amide bonds. The monoisotopic (exact) mass is 326 g/mol. The summed E-state index contributed by atoms with van der Waals surface area (Å²) in [6.45, 7) is 9.15. The third-order valence-corrected chi connectivity index (χ3v) is 4.20. The predicted octanol–water partition coefficient (Wildman–Crippen LogP) is 2.91. The summed E-state index contributed by atoms with van der Waals surface area (Å²) < 4.78 is 0. The zero-order chi connectivity index (χ0) is 15.7. The largest absolute Gasteiger partial charge is 0.359 e. The maximum absolute atomic E-state index is 5.99. The van der Waals surface area contributed by atoms with Crippen LogP contribution in [0.25, 0.3) is 0 Å². The van der Waals surface area contributed by atoms with E-state index in [1.54, 1.807) is 0 Å². The van der Waals surface area contributed by atoms with Crippen LogP contribution in [0.3, 0.4) is 0 Å². The smallest absolute Gasteiger partial charge is 0.171 e. The van der Waals surface area contributed by atoms with E-state index in [1.165, 1.54) is 0 Å². The summed E-state index contributed by atoms with van der Waals surface area (Å²) in [6, 6.07) is 7.99. The second kappa shape index (κ2) is 6.11. The predicted molar refractivity (Wildman–Crippen MR) is 93.9 cm³/mol. The zero-order valence-corrected chi connectivity index (χ0v) is 14.7. The number of benzene rings is 1. The van der Waals surface area contributed by atoms with Gasteiger partial charge in [-0.2, -0.15) is 0 Å². The van der Waals surface area contributed by atoms with E-state index in [9.17, 15) is 0 Å². The lowest BCUT2D eigenvalue weighted by molar-refractivity contribution is -0.787. The Morgan fingerprint density at radius 3 is 2.43 bits per heavy atom. The third kappa shape index (κ3) is 5.13. The van der Waals surface area contributed by atoms with Gasteiger partial charge in [-0.25, -0.2) is 0 Å². The van der Waals surface area contributed by atoms with Crippen molar-refractivity contribution < 1.29 is 5.32 Å². The minimum atomic E-state index is 0.227. The van der Waals surface area contributed by atoms with Gasteiger partial charge in [-0.3, -0.25) is 0 Å². The number of thiocarbonyl (C=S) groups is 1. The number of hydrogen-bond acceptors (Lipinski definition) is 1. The molecule has 116 valence electrons. The number of nitrogens with two attached hydrogens (primary N) is 1. The molecule has 2 rings (SSSR count). The topological polar surface area (TPSA) is 40.7 Å². The molecule has 0 radical (unpaired) electrons. The molecule has 0 saturated carbocycles. The number of hydrogen-bond donors (Lipinski definition) is 3. The van der Waals surface area contributed by atoms with E-state index in [2.05, 4.69) is 43.6 Å². The molecule has 1 aliphatic heterocycles. The first kappa shape index (κ1) is 16.5. The summed E-state index contributed by atoms with van der Waals surface area (Å²) in [6.07, 6.45) is 2.18. The second-order valence-electron chi connectivity index (χ2n) is 7.34. The summed E-state index contributed by atoms with van der Waals surface area (Å²) in [5.74, 6) is 0. The zero-order valence-electron chi connectivity index (χ0n) is 13.2. The lowest BCUT2D eigenvalue weighted by Gasteiger charge is -2.43. The van der Waals surface area contributed by atoms with Gasteiger partial charge in [-0.15, -0.1) is 0 Å². The molecule has 1 fully saturated rings. The number of halogens is 1. The first-order chi connectivity index (χ1) is 9.65. The summed E-state index contributed by atoms with van der Waals surface area (Å²) in [5.41, 5.74) is 1.37. The molecular weight excluding hydrogens is 302 g/mol. The Hall–Kier alpha value is -0.840. The van der Waals surface area contributed by atoms with Crippen molar-refractivity contribution in [2.75, 3.05) is 5.32 Å². The second-order valence-corrected chi connectivity index (χ2v) is 8.18. The number of piperidine rings is 1. The fourth-order valence-electron chi connectivity index (χ4n) is 3.54. The standard InChI is InChI=1S/C16H24ClN3S/c1-15(2)9-13(10-16(3,4)20-15)19-14(21)18-12-7-5-6-11(17)8-12/h5-8,13,20H,9-10H2,1-4H3,(H2,18,19,21)/p+1. The molecule has 21 heavy (non-hydrogen) atoms. The number of quaternary nitrogens is 1. The highest BCUT2D eigenvalue weighted by molar-refractivity contribution is 7.80. The van der Waals surface area contributed by atoms with E-state index in [1.807, 2.05) is 24.3 Å². The van der Waals surface area contributed by atoms with Crippen molar-refractivity contribution in [3.63, 3.8) is 0 Å². The van der Waals surface area contributed by atoms with Gasteiger partial charge in [-0.05, 0) is 58.1 Å². The Labute approximate surface area is 137 Å². The molecule has 1 saturated heterocycles. The van der Waals surface area contributed by atoms with Gasteiger partial charge in [0.2, 0.25) is 0 Å². The number of rotatable bonds is 2. The summed E-state index contributed by atoms with van der Waals surface area (Å²) in [4.78, 5) is 0. The van der Waals surface area contributed by atoms with Crippen LogP contribution in [-0.4, -0.2) is 22.2 Å². The lowest BCUT2D eigenvalue weighted by Crippen LogP contribution is -3.06. The summed E-state index contributed by atoms with van der Waals surface area (Å²) in [7, 11) is 0. The van der Waals surface area contributed by atoms with E-state index in [4.69, 9.17) is 23.8 Å². The van der Waals surface area contributed by atoms with Gasteiger partial charge in [-0.1, -0.05) is 17.7 Å². The van der Waals surface area contributed by atoms with Crippen molar-refractivity contribution in [3.05, 3.63) is 29.3 Å². The molecule has 0 aromatic heterocycles. The number of nitrogens with one attached hydrogen (secondary N) is 2. The maximum Gasteiger partial charge on any atom is 0.171 e. The molecular formula is C16H25ClN3S+. The van der Waals surface area contributed by atoms with Crippen molar-refractivity contribution >= 4 is 34.6 Å². The van der Waals surface area contributed by atoms with Gasteiger partial charge >= 0.3 is 0 Å². The van der Waals surface area contributed by atoms with Crippen LogP contribution >= 0.6 is 23.8 Å². The SMILES string of the molecule is CC1(C)CC(NC(=S)Nc2cccc(Cl)c2)CC(C)(C)[NH2+]1. The minimum absolute atomic E-state index is 0.227. The van der Waals surface area contributed by atoms with E-state index in [-0.39, 0.29) is 11.1 Å². The molecule has 1 aliphatic rings. The molecule has 5 heteroatoms. The highest BCUT2D eigenvalue weighted by atomic mass is 35.5. The van der Waals surface area contributed by atoms with Gasteiger partial charge in [0.25, 0.3) is 0 Å². The Kier molecular flexibility index (Phi) is 4.81. The molecule has 0 bridgehead atoms. The van der Waals surface area contributed by atoms with Gasteiger partial charge in [0.15, 0.2) is 5.11 Å². The van der Waals surface area contributed by atoms with Crippen molar-refractivity contribution in [1.82, 2.24) is 5.32 Å². The van der Waals surface area contributed by atoms with Crippen LogP contribution in [-0.2, 0) is 0 Å². The van der Waals surface area contributed by atoms with Crippen LogP contribution in [0.4, 0.5) is 5.69 Å². The van der Waals surface area contributed by atoms with Crippen molar-refractivity contribution in [2.24, 2.45) is 0 Å². The van der Waals surface area contributed by atoms with Crippen LogP contribution in [0.15, 0.2) is 24.3 Å². The Balaban J connectivity index is 1.96. The fraction of sp³-hybridized carbons (Fsp3) is 0.562. The molecule has 1 heterocycles.